The zero-order chi connectivity index (χ0) is 13.2. The fourth-order valence-electron chi connectivity index (χ4n) is 1.96. The van der Waals surface area contributed by atoms with Crippen LogP contribution in [0.3, 0.4) is 0 Å². The van der Waals surface area contributed by atoms with Crippen molar-refractivity contribution in [2.75, 3.05) is 12.4 Å². The highest BCUT2D eigenvalue weighted by Crippen LogP contribution is 2.25. The molecule has 2 atom stereocenters. The van der Waals surface area contributed by atoms with Crippen LogP contribution in [-0.2, 0) is 9.53 Å². The van der Waals surface area contributed by atoms with Gasteiger partial charge in [0.1, 0.15) is 5.60 Å². The maximum absolute atomic E-state index is 11.9. The summed E-state index contributed by atoms with van der Waals surface area (Å²) < 4.78 is 5.29. The monoisotopic (exact) mass is 261 g/mol. The minimum absolute atomic E-state index is 0.0588. The molecule has 17 heavy (non-hydrogen) atoms. The zero-order valence-corrected chi connectivity index (χ0v) is 11.6. The van der Waals surface area contributed by atoms with Crippen LogP contribution >= 0.6 is 11.6 Å². The first-order chi connectivity index (χ1) is 7.74. The van der Waals surface area contributed by atoms with Gasteiger partial charge in [-0.1, -0.05) is 6.92 Å². The number of hydrogen-bond donors (Lipinski definition) is 0. The number of ketones is 1. The molecule has 2 unspecified atom stereocenters. The highest BCUT2D eigenvalue weighted by molar-refractivity contribution is 6.28. The average Bonchev–Trinajstić information content (AvgIpc) is 2.56. The van der Waals surface area contributed by atoms with E-state index in [-0.39, 0.29) is 11.7 Å². The molecule has 1 saturated heterocycles. The third kappa shape index (κ3) is 3.87. The number of alkyl halides is 1. The predicted octanol–water partition coefficient (Wildman–Crippen LogP) is 2.44. The van der Waals surface area contributed by atoms with Crippen molar-refractivity contribution < 1.29 is 14.3 Å². The van der Waals surface area contributed by atoms with Gasteiger partial charge in [-0.3, -0.25) is 9.69 Å². The van der Waals surface area contributed by atoms with Crippen molar-refractivity contribution in [1.82, 2.24) is 4.90 Å². The lowest BCUT2D eigenvalue weighted by molar-refractivity contribution is -0.120. The molecule has 0 bridgehead atoms. The Morgan fingerprint density at radius 2 is 2.00 bits per heavy atom. The molecule has 1 fully saturated rings. The number of rotatable bonds is 2. The Kier molecular flexibility index (Phi) is 4.42. The maximum Gasteiger partial charge on any atom is 0.410 e. The van der Waals surface area contributed by atoms with Gasteiger partial charge in [-0.05, 0) is 33.1 Å². The molecule has 5 heteroatoms. The number of halogens is 1. The van der Waals surface area contributed by atoms with Gasteiger partial charge >= 0.3 is 6.09 Å². The molecule has 1 aliphatic rings. The number of carbonyl (C=O) groups is 2. The van der Waals surface area contributed by atoms with Crippen molar-refractivity contribution in [3.05, 3.63) is 0 Å². The van der Waals surface area contributed by atoms with Gasteiger partial charge in [0, 0.05) is 6.54 Å². The van der Waals surface area contributed by atoms with Crippen LogP contribution in [0.25, 0.3) is 0 Å². The molecular formula is C12H20ClNO3. The summed E-state index contributed by atoms with van der Waals surface area (Å²) in [5.74, 6) is 0.137. The zero-order valence-electron chi connectivity index (χ0n) is 10.8. The second-order valence-electron chi connectivity index (χ2n) is 5.59. The summed E-state index contributed by atoms with van der Waals surface area (Å²) in [6, 6.07) is -0.419. The van der Waals surface area contributed by atoms with Gasteiger partial charge in [-0.15, -0.1) is 11.6 Å². The Labute approximate surface area is 107 Å². The van der Waals surface area contributed by atoms with Crippen LogP contribution in [0, 0.1) is 5.92 Å². The summed E-state index contributed by atoms with van der Waals surface area (Å²) in [6.07, 6.45) is 0.246. The molecule has 1 aliphatic heterocycles. The Morgan fingerprint density at radius 1 is 1.41 bits per heavy atom. The summed E-state index contributed by atoms with van der Waals surface area (Å²) in [5, 5.41) is 0. The number of likely N-dealkylation sites (tertiary alicyclic amines) is 1. The quantitative estimate of drug-likeness (QED) is 0.718. The van der Waals surface area contributed by atoms with E-state index >= 15 is 0 Å². The molecule has 0 aliphatic carbocycles. The van der Waals surface area contributed by atoms with Gasteiger partial charge in [0.2, 0.25) is 0 Å². The number of carbonyl (C=O) groups excluding carboxylic acids is 2. The van der Waals surface area contributed by atoms with E-state index in [0.29, 0.717) is 18.9 Å². The van der Waals surface area contributed by atoms with Crippen LogP contribution in [0.5, 0.6) is 0 Å². The Hall–Kier alpha value is -0.770. The fraction of sp³-hybridized carbons (Fsp3) is 0.833. The van der Waals surface area contributed by atoms with E-state index in [1.165, 1.54) is 4.90 Å². The van der Waals surface area contributed by atoms with Gasteiger partial charge in [0.15, 0.2) is 5.78 Å². The van der Waals surface area contributed by atoms with Gasteiger partial charge in [0.05, 0.1) is 11.9 Å². The molecule has 0 spiro atoms. The van der Waals surface area contributed by atoms with Crippen molar-refractivity contribution in [2.45, 2.75) is 45.8 Å². The maximum atomic E-state index is 11.9. The van der Waals surface area contributed by atoms with E-state index in [0.717, 1.165) is 0 Å². The molecule has 0 aromatic carbocycles. The van der Waals surface area contributed by atoms with Crippen molar-refractivity contribution in [3.63, 3.8) is 0 Å². The molecule has 1 rings (SSSR count). The van der Waals surface area contributed by atoms with Crippen LogP contribution in [0.2, 0.25) is 0 Å². The van der Waals surface area contributed by atoms with E-state index in [9.17, 15) is 9.59 Å². The van der Waals surface area contributed by atoms with Crippen molar-refractivity contribution in [2.24, 2.45) is 5.92 Å². The Balaban J connectivity index is 2.73. The van der Waals surface area contributed by atoms with Crippen molar-refractivity contribution in [3.8, 4) is 0 Å². The molecule has 1 heterocycles. The highest BCUT2D eigenvalue weighted by atomic mass is 35.5. The van der Waals surface area contributed by atoms with Gasteiger partial charge in [-0.25, -0.2) is 4.79 Å². The van der Waals surface area contributed by atoms with Crippen LogP contribution in [0.15, 0.2) is 0 Å². The summed E-state index contributed by atoms with van der Waals surface area (Å²) in [7, 11) is 0. The summed E-state index contributed by atoms with van der Waals surface area (Å²) in [6.45, 7) is 8.00. The second kappa shape index (κ2) is 5.25. The number of amides is 1. The van der Waals surface area contributed by atoms with Gasteiger partial charge in [0.25, 0.3) is 0 Å². The van der Waals surface area contributed by atoms with E-state index in [1.807, 2.05) is 27.7 Å². The Bertz CT molecular complexity index is 311. The molecule has 4 nitrogen and oxygen atoms in total. The largest absolute Gasteiger partial charge is 0.444 e. The minimum Gasteiger partial charge on any atom is -0.444 e. The molecule has 0 radical (unpaired) electrons. The lowest BCUT2D eigenvalue weighted by Crippen LogP contribution is -2.43. The van der Waals surface area contributed by atoms with E-state index in [4.69, 9.17) is 16.3 Å². The molecular weight excluding hydrogens is 242 g/mol. The normalized spacial score (nSPS) is 24.9. The van der Waals surface area contributed by atoms with Gasteiger partial charge in [-0.2, -0.15) is 0 Å². The number of hydrogen-bond acceptors (Lipinski definition) is 3. The molecule has 98 valence electrons. The SMILES string of the molecule is CC1CC(C(=O)CCl)N(C(=O)OC(C)(C)C)C1. The summed E-state index contributed by atoms with van der Waals surface area (Å²) in [4.78, 5) is 25.1. The van der Waals surface area contributed by atoms with Crippen molar-refractivity contribution >= 4 is 23.5 Å². The number of ether oxygens (including phenoxy) is 1. The van der Waals surface area contributed by atoms with Crippen molar-refractivity contribution in [1.29, 1.82) is 0 Å². The molecule has 1 amide bonds. The molecule has 0 aromatic rings. The highest BCUT2D eigenvalue weighted by Gasteiger charge is 2.39. The smallest absolute Gasteiger partial charge is 0.410 e. The summed E-state index contributed by atoms with van der Waals surface area (Å²) >= 11 is 5.55. The summed E-state index contributed by atoms with van der Waals surface area (Å²) in [5.41, 5.74) is -0.544. The first-order valence-electron chi connectivity index (χ1n) is 5.83. The van der Waals surface area contributed by atoms with Gasteiger partial charge < -0.3 is 4.74 Å². The minimum atomic E-state index is -0.544. The molecule has 0 saturated carbocycles. The second-order valence-corrected chi connectivity index (χ2v) is 5.86. The standard InChI is InChI=1S/C12H20ClNO3/c1-8-5-9(10(15)6-13)14(7-8)11(16)17-12(2,3)4/h8-9H,5-7H2,1-4H3. The predicted molar refractivity (Wildman–Crippen MR) is 66.2 cm³/mol. The third-order valence-electron chi connectivity index (χ3n) is 2.64. The van der Waals surface area contributed by atoms with E-state index < -0.39 is 17.7 Å². The number of nitrogens with zero attached hydrogens (tertiary/aromatic N) is 1. The van der Waals surface area contributed by atoms with Crippen LogP contribution in [0.1, 0.15) is 34.1 Å². The topological polar surface area (TPSA) is 46.6 Å². The molecule has 0 aromatic heterocycles. The van der Waals surface area contributed by atoms with Crippen LogP contribution in [-0.4, -0.2) is 40.8 Å². The van der Waals surface area contributed by atoms with E-state index in [1.54, 1.807) is 0 Å². The molecule has 0 N–H and O–H groups in total. The third-order valence-corrected chi connectivity index (χ3v) is 2.91. The van der Waals surface area contributed by atoms with Crippen LogP contribution in [0.4, 0.5) is 4.79 Å². The lowest BCUT2D eigenvalue weighted by atomic mass is 10.1. The fourth-order valence-corrected chi connectivity index (χ4v) is 2.14. The number of Topliss-reactive ketones (excluding diaryl/α,β-unsaturated/α-hetero) is 1. The Morgan fingerprint density at radius 3 is 2.47 bits per heavy atom. The first-order valence-corrected chi connectivity index (χ1v) is 6.36. The first kappa shape index (κ1) is 14.3. The van der Waals surface area contributed by atoms with E-state index in [2.05, 4.69) is 0 Å². The lowest BCUT2D eigenvalue weighted by Gasteiger charge is -2.27. The average molecular weight is 262 g/mol. The van der Waals surface area contributed by atoms with Crippen LogP contribution < -0.4 is 0 Å².